The summed E-state index contributed by atoms with van der Waals surface area (Å²) in [6.07, 6.45) is 4.92. The van der Waals surface area contributed by atoms with E-state index in [4.69, 9.17) is 5.73 Å². The summed E-state index contributed by atoms with van der Waals surface area (Å²) in [5.74, 6) is -1.75. The molecular formula is C23H29FN6O3. The number of likely N-dealkylation sites (tertiary alicyclic amines) is 1. The molecule has 1 unspecified atom stereocenters. The number of aromatic nitrogens is 2. The Bertz CT molecular complexity index is 1050. The highest BCUT2D eigenvalue weighted by molar-refractivity contribution is 5.96. The van der Waals surface area contributed by atoms with Gasteiger partial charge in [-0.3, -0.25) is 4.79 Å². The largest absolute Gasteiger partial charge is 0.478 e. The monoisotopic (exact) mass is 456 g/mol. The summed E-state index contributed by atoms with van der Waals surface area (Å²) < 4.78 is 14.5. The molecule has 10 heteroatoms. The van der Waals surface area contributed by atoms with Crippen LogP contribution >= 0.6 is 0 Å². The minimum absolute atomic E-state index is 0.0574. The molecule has 1 amide bonds. The van der Waals surface area contributed by atoms with Gasteiger partial charge in [0, 0.05) is 25.7 Å². The number of carboxylic acid groups (broad SMARTS) is 1. The molecule has 1 aromatic carbocycles. The third kappa shape index (κ3) is 4.55. The average molecular weight is 457 g/mol. The fourth-order valence-corrected chi connectivity index (χ4v) is 4.81. The number of halogens is 1. The molecular weight excluding hydrogens is 427 g/mol. The van der Waals surface area contributed by atoms with E-state index in [1.54, 1.807) is 12.1 Å². The second kappa shape index (κ2) is 9.60. The lowest BCUT2D eigenvalue weighted by Gasteiger charge is -2.43. The number of piperidine rings is 2. The first-order valence-corrected chi connectivity index (χ1v) is 11.3. The standard InChI is InChI=1S/C23H29FN6O3/c1-2-14-6-3-8-16(23(32)33)19(14)28-17-9-5-11-30(22(17)31)15-7-4-10-29(12-15)21-18(24)20(25)26-13-27-21/h3,6,8,13,15,17,28H,2,4-5,7,9-12H2,1H3,(H,32,33)(H2,25,26,27)/t15-,17?/m1/s1. The van der Waals surface area contributed by atoms with E-state index in [-0.39, 0.29) is 29.1 Å². The molecule has 2 aliphatic heterocycles. The number of nitrogens with two attached hydrogens (primary N) is 1. The Morgan fingerprint density at radius 2 is 2.06 bits per heavy atom. The lowest BCUT2D eigenvalue weighted by Crippen LogP contribution is -2.56. The molecule has 3 heterocycles. The minimum Gasteiger partial charge on any atom is -0.478 e. The van der Waals surface area contributed by atoms with E-state index in [0.29, 0.717) is 38.2 Å². The third-order valence-corrected chi connectivity index (χ3v) is 6.49. The second-order valence-corrected chi connectivity index (χ2v) is 8.51. The summed E-state index contributed by atoms with van der Waals surface area (Å²) in [5, 5.41) is 12.9. The SMILES string of the molecule is CCc1cccc(C(=O)O)c1NC1CCCN([C@@H]2CCCN(c3ncnc(N)c3F)C2)C1=O. The number of aryl methyl sites for hydroxylation is 1. The predicted molar refractivity (Wildman–Crippen MR) is 123 cm³/mol. The zero-order chi connectivity index (χ0) is 23.5. The molecule has 0 aliphatic carbocycles. The van der Waals surface area contributed by atoms with E-state index < -0.39 is 17.8 Å². The minimum atomic E-state index is -1.03. The van der Waals surface area contributed by atoms with Crippen LogP contribution in [0.4, 0.5) is 21.7 Å². The molecule has 176 valence electrons. The van der Waals surface area contributed by atoms with Crippen LogP contribution in [0, 0.1) is 5.82 Å². The molecule has 0 saturated carbocycles. The van der Waals surface area contributed by atoms with Gasteiger partial charge in [-0.1, -0.05) is 19.1 Å². The van der Waals surface area contributed by atoms with Gasteiger partial charge in [-0.25, -0.2) is 14.8 Å². The first kappa shape index (κ1) is 22.8. The number of rotatable bonds is 6. The van der Waals surface area contributed by atoms with Crippen molar-refractivity contribution in [1.82, 2.24) is 14.9 Å². The van der Waals surface area contributed by atoms with Crippen molar-refractivity contribution in [2.75, 3.05) is 35.6 Å². The number of benzene rings is 1. The Labute approximate surface area is 191 Å². The van der Waals surface area contributed by atoms with Gasteiger partial charge in [-0.15, -0.1) is 0 Å². The van der Waals surface area contributed by atoms with Gasteiger partial charge in [0.2, 0.25) is 11.7 Å². The number of aromatic carboxylic acids is 1. The smallest absolute Gasteiger partial charge is 0.337 e. The number of hydrogen-bond donors (Lipinski definition) is 3. The Hall–Kier alpha value is -3.43. The predicted octanol–water partition coefficient (Wildman–Crippen LogP) is 2.53. The summed E-state index contributed by atoms with van der Waals surface area (Å²) in [6, 6.07) is 4.55. The van der Waals surface area contributed by atoms with Gasteiger partial charge in [-0.05, 0) is 43.7 Å². The number of carbonyl (C=O) groups excluding carboxylic acids is 1. The molecule has 2 atom stereocenters. The highest BCUT2D eigenvalue weighted by Gasteiger charge is 2.36. The van der Waals surface area contributed by atoms with Crippen molar-refractivity contribution in [3.8, 4) is 0 Å². The van der Waals surface area contributed by atoms with Crippen LogP contribution in [0.15, 0.2) is 24.5 Å². The maximum Gasteiger partial charge on any atom is 0.337 e. The summed E-state index contributed by atoms with van der Waals surface area (Å²) >= 11 is 0. The quantitative estimate of drug-likeness (QED) is 0.606. The first-order chi connectivity index (χ1) is 15.9. The molecule has 2 aromatic rings. The fraction of sp³-hybridized carbons (Fsp3) is 0.478. The van der Waals surface area contributed by atoms with E-state index in [1.807, 2.05) is 22.8 Å². The topological polar surface area (TPSA) is 125 Å². The highest BCUT2D eigenvalue weighted by atomic mass is 19.1. The number of anilines is 3. The van der Waals surface area contributed by atoms with Crippen molar-refractivity contribution in [3.63, 3.8) is 0 Å². The van der Waals surface area contributed by atoms with Crippen molar-refractivity contribution in [2.24, 2.45) is 0 Å². The summed E-state index contributed by atoms with van der Waals surface area (Å²) in [7, 11) is 0. The Balaban J connectivity index is 1.52. The van der Waals surface area contributed by atoms with Crippen molar-refractivity contribution in [3.05, 3.63) is 41.5 Å². The summed E-state index contributed by atoms with van der Waals surface area (Å²) in [4.78, 5) is 36.6. The average Bonchev–Trinajstić information content (AvgIpc) is 2.82. The number of hydrogen-bond acceptors (Lipinski definition) is 7. The van der Waals surface area contributed by atoms with E-state index in [2.05, 4.69) is 15.3 Å². The van der Waals surface area contributed by atoms with Crippen LogP contribution in [-0.4, -0.2) is 63.6 Å². The number of nitrogens with zero attached hydrogens (tertiary/aromatic N) is 4. The number of nitrogen functional groups attached to an aromatic ring is 1. The van der Waals surface area contributed by atoms with Crippen LogP contribution in [0.5, 0.6) is 0 Å². The molecule has 2 aliphatic rings. The molecule has 2 saturated heterocycles. The van der Waals surface area contributed by atoms with E-state index in [1.165, 1.54) is 6.33 Å². The van der Waals surface area contributed by atoms with Crippen molar-refractivity contribution in [2.45, 2.75) is 51.1 Å². The molecule has 4 N–H and O–H groups in total. The maximum absolute atomic E-state index is 14.5. The number of carboxylic acids is 1. The molecule has 2 fully saturated rings. The molecule has 4 rings (SSSR count). The summed E-state index contributed by atoms with van der Waals surface area (Å²) in [5.41, 5.74) is 7.15. The van der Waals surface area contributed by atoms with Crippen LogP contribution in [0.1, 0.15) is 48.5 Å². The molecule has 0 spiro atoms. The Kier molecular flexibility index (Phi) is 6.62. The van der Waals surface area contributed by atoms with Crippen LogP contribution in [0.2, 0.25) is 0 Å². The Morgan fingerprint density at radius 3 is 2.82 bits per heavy atom. The first-order valence-electron chi connectivity index (χ1n) is 11.3. The van der Waals surface area contributed by atoms with E-state index in [0.717, 1.165) is 24.8 Å². The van der Waals surface area contributed by atoms with Gasteiger partial charge in [0.1, 0.15) is 12.4 Å². The van der Waals surface area contributed by atoms with Crippen LogP contribution < -0.4 is 16.0 Å². The van der Waals surface area contributed by atoms with Gasteiger partial charge < -0.3 is 26.0 Å². The van der Waals surface area contributed by atoms with Crippen molar-refractivity contribution < 1.29 is 19.1 Å². The van der Waals surface area contributed by atoms with Crippen LogP contribution in [-0.2, 0) is 11.2 Å². The Morgan fingerprint density at radius 1 is 1.27 bits per heavy atom. The molecule has 9 nitrogen and oxygen atoms in total. The zero-order valence-electron chi connectivity index (χ0n) is 18.6. The molecule has 33 heavy (non-hydrogen) atoms. The number of amides is 1. The number of carbonyl (C=O) groups is 2. The van der Waals surface area contributed by atoms with Crippen molar-refractivity contribution >= 4 is 29.2 Å². The number of nitrogens with one attached hydrogen (secondary N) is 1. The zero-order valence-corrected chi connectivity index (χ0v) is 18.6. The van der Waals surface area contributed by atoms with Crippen molar-refractivity contribution in [1.29, 1.82) is 0 Å². The number of para-hydroxylation sites is 1. The second-order valence-electron chi connectivity index (χ2n) is 8.51. The van der Waals surface area contributed by atoms with Gasteiger partial charge in [0.15, 0.2) is 11.6 Å². The fourth-order valence-electron chi connectivity index (χ4n) is 4.81. The highest BCUT2D eigenvalue weighted by Crippen LogP contribution is 2.29. The van der Waals surface area contributed by atoms with Gasteiger partial charge in [0.05, 0.1) is 11.3 Å². The van der Waals surface area contributed by atoms with E-state index >= 15 is 0 Å². The lowest BCUT2D eigenvalue weighted by molar-refractivity contribution is -0.137. The normalized spacial score (nSPS) is 21.2. The van der Waals surface area contributed by atoms with Gasteiger partial charge >= 0.3 is 5.97 Å². The molecule has 0 radical (unpaired) electrons. The van der Waals surface area contributed by atoms with Crippen LogP contribution in [0.3, 0.4) is 0 Å². The lowest BCUT2D eigenvalue weighted by atomic mass is 9.96. The van der Waals surface area contributed by atoms with Gasteiger partial charge in [0.25, 0.3) is 0 Å². The third-order valence-electron chi connectivity index (χ3n) is 6.49. The maximum atomic E-state index is 14.5. The van der Waals surface area contributed by atoms with Gasteiger partial charge in [-0.2, -0.15) is 4.39 Å². The molecule has 0 bridgehead atoms. The summed E-state index contributed by atoms with van der Waals surface area (Å²) in [6.45, 7) is 3.65. The van der Waals surface area contributed by atoms with Crippen LogP contribution in [0.25, 0.3) is 0 Å². The van der Waals surface area contributed by atoms with E-state index in [9.17, 15) is 19.1 Å². The molecule has 1 aromatic heterocycles.